The summed E-state index contributed by atoms with van der Waals surface area (Å²) in [6.07, 6.45) is 0.256. The number of hydrogen-bond acceptors (Lipinski definition) is 6. The maximum atomic E-state index is 12.4. The van der Waals surface area contributed by atoms with Crippen LogP contribution in [0.15, 0.2) is 83.8 Å². The second-order valence-electron chi connectivity index (χ2n) is 8.00. The van der Waals surface area contributed by atoms with Gasteiger partial charge in [0, 0.05) is 4.90 Å². The fraction of sp³-hybridized carbons (Fsp3) is 0.240. The molecule has 178 valence electrons. The summed E-state index contributed by atoms with van der Waals surface area (Å²) in [5.74, 6) is -0.399. The number of carboxylic acid groups (broad SMARTS) is 1. The third kappa shape index (κ3) is 5.85. The molecule has 0 bridgehead atoms. The van der Waals surface area contributed by atoms with Gasteiger partial charge in [0.1, 0.15) is 17.5 Å². The maximum Gasteiger partial charge on any atom is 0.387 e. The highest BCUT2D eigenvalue weighted by molar-refractivity contribution is 7.97. The van der Waals surface area contributed by atoms with Gasteiger partial charge in [-0.1, -0.05) is 42.5 Å². The van der Waals surface area contributed by atoms with Gasteiger partial charge in [0.25, 0.3) is 0 Å². The van der Waals surface area contributed by atoms with Gasteiger partial charge in [0.2, 0.25) is 0 Å². The zero-order valence-corrected chi connectivity index (χ0v) is 19.0. The van der Waals surface area contributed by atoms with Gasteiger partial charge >= 0.3 is 12.6 Å². The quantitative estimate of drug-likeness (QED) is 0.407. The number of carbonyl (C=O) groups is 1. The van der Waals surface area contributed by atoms with Crippen molar-refractivity contribution in [2.75, 3.05) is 13.1 Å². The third-order valence-electron chi connectivity index (χ3n) is 5.43. The Morgan fingerprint density at radius 2 is 1.71 bits per heavy atom. The fourth-order valence-electron chi connectivity index (χ4n) is 3.77. The second-order valence-corrected chi connectivity index (χ2v) is 9.17. The summed E-state index contributed by atoms with van der Waals surface area (Å²) in [6, 6.07) is 22.7. The van der Waals surface area contributed by atoms with E-state index in [-0.39, 0.29) is 12.2 Å². The van der Waals surface area contributed by atoms with Crippen LogP contribution in [0.4, 0.5) is 8.78 Å². The van der Waals surface area contributed by atoms with E-state index in [2.05, 4.69) is 9.04 Å². The Morgan fingerprint density at radius 1 is 1.03 bits per heavy atom. The van der Waals surface area contributed by atoms with Crippen LogP contribution in [0.2, 0.25) is 0 Å². The lowest BCUT2D eigenvalue weighted by Gasteiger charge is -2.49. The molecule has 4 rings (SSSR count). The molecule has 1 heterocycles. The topological polar surface area (TPSA) is 85.0 Å². The molecule has 1 aliphatic rings. The summed E-state index contributed by atoms with van der Waals surface area (Å²) >= 11 is 1.56. The summed E-state index contributed by atoms with van der Waals surface area (Å²) in [5, 5.41) is 9.05. The molecule has 1 saturated heterocycles. The molecule has 3 aromatic carbocycles. The minimum atomic E-state index is -2.88. The number of halogens is 2. The number of ether oxygens (including phenoxy) is 2. The van der Waals surface area contributed by atoms with Crippen molar-refractivity contribution in [3.05, 3.63) is 90.0 Å². The van der Waals surface area contributed by atoms with Gasteiger partial charge in [0.05, 0.1) is 13.1 Å². The van der Waals surface area contributed by atoms with Crippen molar-refractivity contribution >= 4 is 17.9 Å². The lowest BCUT2D eigenvalue weighted by molar-refractivity contribution is -0.138. The predicted octanol–water partition coefficient (Wildman–Crippen LogP) is 4.54. The molecule has 1 aliphatic heterocycles. The van der Waals surface area contributed by atoms with Gasteiger partial charge in [-0.05, 0) is 65.9 Å². The van der Waals surface area contributed by atoms with E-state index in [0.29, 0.717) is 18.8 Å². The number of carboxylic acids is 1. The monoisotopic (exact) mass is 486 g/mol. The smallest absolute Gasteiger partial charge is 0.387 e. The van der Waals surface area contributed by atoms with Crippen LogP contribution in [0.25, 0.3) is 0 Å². The third-order valence-corrected chi connectivity index (χ3v) is 6.41. The molecule has 1 fully saturated rings. The zero-order valence-electron chi connectivity index (χ0n) is 18.1. The maximum absolute atomic E-state index is 12.4. The van der Waals surface area contributed by atoms with Crippen molar-refractivity contribution in [1.82, 2.24) is 4.31 Å². The van der Waals surface area contributed by atoms with Gasteiger partial charge in [-0.15, -0.1) is 0 Å². The number of nitrogens with two attached hydrogens (primary N) is 1. The number of alkyl halides is 2. The lowest BCUT2D eigenvalue weighted by atomic mass is 9.87. The number of nitrogens with zero attached hydrogens (tertiary/aromatic N) is 1. The van der Waals surface area contributed by atoms with Gasteiger partial charge in [0.15, 0.2) is 5.60 Å². The molecule has 0 aliphatic carbocycles. The SMILES string of the molecule is N[C@@H](Cc1cccc(SN2CC(Oc3ccc(OC(F)F)cc3)(c3ccccc3)C2)c1)C(=O)O. The van der Waals surface area contributed by atoms with E-state index in [1.807, 2.05) is 54.6 Å². The van der Waals surface area contributed by atoms with E-state index >= 15 is 0 Å². The van der Waals surface area contributed by atoms with Crippen LogP contribution in [0.5, 0.6) is 11.5 Å². The molecule has 34 heavy (non-hydrogen) atoms. The van der Waals surface area contributed by atoms with Crippen LogP contribution in [0.1, 0.15) is 11.1 Å². The number of benzene rings is 3. The molecular formula is C25H24F2N2O4S. The summed E-state index contributed by atoms with van der Waals surface area (Å²) in [6.45, 7) is -1.69. The standard InChI is InChI=1S/C25H24F2N2O4S/c26-24(27)32-19-9-11-20(12-10-19)33-25(18-6-2-1-3-7-18)15-29(16-25)34-21-8-4-5-17(13-21)14-22(28)23(30)31/h1-13,22,24H,14-16,28H2,(H,30,31)/t22-/m0/s1. The van der Waals surface area contributed by atoms with Crippen molar-refractivity contribution < 1.29 is 28.2 Å². The Labute approximate surface area is 200 Å². The van der Waals surface area contributed by atoms with Crippen LogP contribution in [0, 0.1) is 0 Å². The van der Waals surface area contributed by atoms with Gasteiger partial charge in [-0.2, -0.15) is 8.78 Å². The average molecular weight is 487 g/mol. The van der Waals surface area contributed by atoms with E-state index in [0.717, 1.165) is 16.0 Å². The fourth-order valence-corrected chi connectivity index (χ4v) is 4.96. The summed E-state index contributed by atoms with van der Waals surface area (Å²) < 4.78 is 37.8. The van der Waals surface area contributed by atoms with E-state index in [1.165, 1.54) is 12.1 Å². The largest absolute Gasteiger partial charge is 0.480 e. The average Bonchev–Trinajstić information content (AvgIpc) is 2.79. The molecule has 1 atom stereocenters. The molecule has 6 nitrogen and oxygen atoms in total. The molecule has 0 spiro atoms. The second kappa shape index (κ2) is 10.4. The summed E-state index contributed by atoms with van der Waals surface area (Å²) in [5.41, 5.74) is 6.94. The summed E-state index contributed by atoms with van der Waals surface area (Å²) in [7, 11) is 0. The van der Waals surface area contributed by atoms with Crippen LogP contribution in [-0.4, -0.2) is 41.1 Å². The van der Waals surface area contributed by atoms with E-state index in [4.69, 9.17) is 15.6 Å². The number of rotatable bonds is 10. The lowest BCUT2D eigenvalue weighted by Crippen LogP contribution is -2.59. The first kappa shape index (κ1) is 24.0. The molecular weight excluding hydrogens is 462 g/mol. The van der Waals surface area contributed by atoms with Crippen molar-refractivity contribution in [2.45, 2.75) is 29.6 Å². The van der Waals surface area contributed by atoms with Crippen LogP contribution < -0.4 is 15.2 Å². The normalized spacial score (nSPS) is 16.0. The Morgan fingerprint density at radius 3 is 2.35 bits per heavy atom. The minimum absolute atomic E-state index is 0.0735. The first-order valence-electron chi connectivity index (χ1n) is 10.6. The first-order valence-corrected chi connectivity index (χ1v) is 11.4. The van der Waals surface area contributed by atoms with Gasteiger partial charge in [-0.25, -0.2) is 4.31 Å². The highest BCUT2D eigenvalue weighted by Crippen LogP contribution is 2.42. The highest BCUT2D eigenvalue weighted by Gasteiger charge is 2.47. The molecule has 0 saturated carbocycles. The van der Waals surface area contributed by atoms with E-state index in [9.17, 15) is 13.6 Å². The Balaban J connectivity index is 1.45. The molecule has 3 N–H and O–H groups in total. The molecule has 9 heteroatoms. The Kier molecular flexibility index (Phi) is 7.35. The predicted molar refractivity (Wildman–Crippen MR) is 125 cm³/mol. The van der Waals surface area contributed by atoms with Gasteiger partial charge in [-0.3, -0.25) is 4.79 Å². The van der Waals surface area contributed by atoms with Crippen LogP contribution in [-0.2, 0) is 16.8 Å². The van der Waals surface area contributed by atoms with Crippen LogP contribution in [0.3, 0.4) is 0 Å². The molecule has 0 unspecified atom stereocenters. The van der Waals surface area contributed by atoms with Crippen molar-refractivity contribution in [3.63, 3.8) is 0 Å². The minimum Gasteiger partial charge on any atom is -0.480 e. The van der Waals surface area contributed by atoms with Crippen molar-refractivity contribution in [3.8, 4) is 11.5 Å². The molecule has 0 radical (unpaired) electrons. The number of aliphatic carboxylic acids is 1. The van der Waals surface area contributed by atoms with E-state index in [1.54, 1.807) is 24.1 Å². The van der Waals surface area contributed by atoms with Crippen molar-refractivity contribution in [1.29, 1.82) is 0 Å². The number of hydrogen-bond donors (Lipinski definition) is 2. The highest BCUT2D eigenvalue weighted by atomic mass is 32.2. The summed E-state index contributed by atoms with van der Waals surface area (Å²) in [4.78, 5) is 12.0. The molecule has 0 amide bonds. The van der Waals surface area contributed by atoms with Gasteiger partial charge < -0.3 is 20.3 Å². The first-order chi connectivity index (χ1) is 16.3. The Bertz CT molecular complexity index is 1110. The van der Waals surface area contributed by atoms with Crippen molar-refractivity contribution in [2.24, 2.45) is 5.73 Å². The molecule has 3 aromatic rings. The van der Waals surface area contributed by atoms with E-state index < -0.39 is 24.2 Å². The van der Waals surface area contributed by atoms with Crippen LogP contribution >= 0.6 is 11.9 Å². The zero-order chi connectivity index (χ0) is 24.1. The molecule has 0 aromatic heterocycles. The Hall–Kier alpha value is -3.14.